The van der Waals surface area contributed by atoms with Gasteiger partial charge < -0.3 is 5.41 Å². The van der Waals surface area contributed by atoms with Crippen LogP contribution in [0.1, 0.15) is 29.5 Å². The second kappa shape index (κ2) is 3.85. The van der Waals surface area contributed by atoms with Crippen LogP contribution in [-0.4, -0.2) is 6.21 Å². The first-order valence-corrected chi connectivity index (χ1v) is 6.04. The molecule has 2 aliphatic carbocycles. The summed E-state index contributed by atoms with van der Waals surface area (Å²) in [5.41, 5.74) is 8.01. The SMILES string of the molecule is Cc1cccc2c1/C(=C\C=N)C1=C2C=CCC1. The first kappa shape index (κ1) is 10.3. The van der Waals surface area contributed by atoms with Crippen molar-refractivity contribution in [2.24, 2.45) is 0 Å². The van der Waals surface area contributed by atoms with Gasteiger partial charge in [0.15, 0.2) is 0 Å². The van der Waals surface area contributed by atoms with Gasteiger partial charge >= 0.3 is 0 Å². The summed E-state index contributed by atoms with van der Waals surface area (Å²) in [4.78, 5) is 0. The Morgan fingerprint density at radius 3 is 3.00 bits per heavy atom. The molecule has 0 radical (unpaired) electrons. The Kier molecular flexibility index (Phi) is 2.32. The first-order valence-electron chi connectivity index (χ1n) is 6.04. The zero-order chi connectivity index (χ0) is 11.8. The van der Waals surface area contributed by atoms with Crippen LogP contribution in [0.4, 0.5) is 0 Å². The van der Waals surface area contributed by atoms with Crippen molar-refractivity contribution in [1.82, 2.24) is 0 Å². The van der Waals surface area contributed by atoms with Crippen LogP contribution in [0.5, 0.6) is 0 Å². The average molecular weight is 221 g/mol. The van der Waals surface area contributed by atoms with Gasteiger partial charge in [0.05, 0.1) is 0 Å². The molecule has 84 valence electrons. The molecule has 0 aliphatic heterocycles. The predicted molar refractivity (Wildman–Crippen MR) is 73.2 cm³/mol. The van der Waals surface area contributed by atoms with Gasteiger partial charge in [-0.2, -0.15) is 0 Å². The van der Waals surface area contributed by atoms with Crippen molar-refractivity contribution in [2.75, 3.05) is 0 Å². The number of hydrogen-bond donors (Lipinski definition) is 1. The molecule has 0 amide bonds. The van der Waals surface area contributed by atoms with E-state index in [1.54, 1.807) is 0 Å². The fourth-order valence-corrected chi connectivity index (χ4v) is 2.86. The van der Waals surface area contributed by atoms with Gasteiger partial charge in [0, 0.05) is 6.21 Å². The van der Waals surface area contributed by atoms with Gasteiger partial charge in [0.2, 0.25) is 0 Å². The summed E-state index contributed by atoms with van der Waals surface area (Å²) in [6.07, 6.45) is 10.0. The summed E-state index contributed by atoms with van der Waals surface area (Å²) >= 11 is 0. The number of aryl methyl sites for hydroxylation is 1. The monoisotopic (exact) mass is 221 g/mol. The van der Waals surface area contributed by atoms with Crippen LogP contribution >= 0.6 is 0 Å². The zero-order valence-electron chi connectivity index (χ0n) is 9.96. The van der Waals surface area contributed by atoms with Gasteiger partial charge in [0.25, 0.3) is 0 Å². The number of hydrogen-bond acceptors (Lipinski definition) is 1. The highest BCUT2D eigenvalue weighted by Gasteiger charge is 2.26. The van der Waals surface area contributed by atoms with Crippen LogP contribution < -0.4 is 0 Å². The Morgan fingerprint density at radius 1 is 1.29 bits per heavy atom. The highest BCUT2D eigenvalue weighted by Crippen LogP contribution is 2.46. The van der Waals surface area contributed by atoms with Gasteiger partial charge in [-0.05, 0) is 59.3 Å². The quantitative estimate of drug-likeness (QED) is 0.689. The van der Waals surface area contributed by atoms with Crippen LogP contribution in [0, 0.1) is 12.3 Å². The van der Waals surface area contributed by atoms with E-state index in [-0.39, 0.29) is 0 Å². The van der Waals surface area contributed by atoms with E-state index in [1.165, 1.54) is 39.6 Å². The number of rotatable bonds is 1. The normalized spacial score (nSPS) is 19.5. The maximum atomic E-state index is 7.34. The van der Waals surface area contributed by atoms with Crippen molar-refractivity contribution >= 4 is 17.4 Å². The maximum absolute atomic E-state index is 7.34. The van der Waals surface area contributed by atoms with E-state index in [0.29, 0.717) is 0 Å². The lowest BCUT2D eigenvalue weighted by molar-refractivity contribution is 1.01. The lowest BCUT2D eigenvalue weighted by atomic mass is 9.95. The van der Waals surface area contributed by atoms with E-state index in [9.17, 15) is 0 Å². The molecule has 3 rings (SSSR count). The zero-order valence-corrected chi connectivity index (χ0v) is 9.96. The van der Waals surface area contributed by atoms with E-state index < -0.39 is 0 Å². The van der Waals surface area contributed by atoms with Crippen molar-refractivity contribution in [1.29, 1.82) is 5.41 Å². The molecular formula is C16H15N. The number of benzene rings is 1. The predicted octanol–water partition coefficient (Wildman–Crippen LogP) is 4.15. The topological polar surface area (TPSA) is 23.9 Å². The minimum atomic E-state index is 1.10. The van der Waals surface area contributed by atoms with Gasteiger partial charge in [-0.15, -0.1) is 0 Å². The van der Waals surface area contributed by atoms with E-state index >= 15 is 0 Å². The molecule has 1 nitrogen and oxygen atoms in total. The molecule has 17 heavy (non-hydrogen) atoms. The molecular weight excluding hydrogens is 206 g/mol. The van der Waals surface area contributed by atoms with E-state index in [0.717, 1.165) is 12.8 Å². The molecule has 1 aromatic carbocycles. The summed E-state index contributed by atoms with van der Waals surface area (Å²) in [5.74, 6) is 0. The summed E-state index contributed by atoms with van der Waals surface area (Å²) in [6, 6.07) is 6.46. The fourth-order valence-electron chi connectivity index (χ4n) is 2.86. The molecule has 0 fully saturated rings. The van der Waals surface area contributed by atoms with Crippen LogP contribution in [-0.2, 0) is 0 Å². The third-order valence-electron chi connectivity index (χ3n) is 3.58. The molecule has 0 spiro atoms. The van der Waals surface area contributed by atoms with Crippen LogP contribution in [0.3, 0.4) is 0 Å². The Labute approximate surface area is 102 Å². The molecule has 2 aliphatic rings. The second-order valence-corrected chi connectivity index (χ2v) is 4.58. The van der Waals surface area contributed by atoms with E-state index in [4.69, 9.17) is 5.41 Å². The van der Waals surface area contributed by atoms with E-state index in [1.807, 2.05) is 6.08 Å². The molecule has 0 saturated heterocycles. The molecule has 0 unspecified atom stereocenters. The lowest BCUT2D eigenvalue weighted by Gasteiger charge is -2.09. The van der Waals surface area contributed by atoms with Crippen LogP contribution in [0.2, 0.25) is 0 Å². The summed E-state index contributed by atoms with van der Waals surface area (Å²) < 4.78 is 0. The van der Waals surface area contributed by atoms with Gasteiger partial charge in [-0.3, -0.25) is 0 Å². The number of allylic oxidation sites excluding steroid dienone is 6. The van der Waals surface area contributed by atoms with Crippen molar-refractivity contribution in [3.63, 3.8) is 0 Å². The van der Waals surface area contributed by atoms with Crippen molar-refractivity contribution in [2.45, 2.75) is 19.8 Å². The van der Waals surface area contributed by atoms with Gasteiger partial charge in [0.1, 0.15) is 0 Å². The third kappa shape index (κ3) is 1.42. The molecule has 1 aromatic rings. The molecule has 1 heteroatoms. The van der Waals surface area contributed by atoms with Crippen molar-refractivity contribution in [3.05, 3.63) is 58.7 Å². The summed E-state index contributed by atoms with van der Waals surface area (Å²) in [5, 5.41) is 7.34. The van der Waals surface area contributed by atoms with Crippen LogP contribution in [0.25, 0.3) is 11.1 Å². The highest BCUT2D eigenvalue weighted by atomic mass is 14.3. The first-order chi connectivity index (χ1) is 8.33. The minimum absolute atomic E-state index is 1.10. The Bertz CT molecular complexity index is 586. The van der Waals surface area contributed by atoms with Gasteiger partial charge in [-0.25, -0.2) is 0 Å². The summed E-state index contributed by atoms with van der Waals surface area (Å²) in [7, 11) is 0. The third-order valence-corrected chi connectivity index (χ3v) is 3.58. The van der Waals surface area contributed by atoms with Crippen molar-refractivity contribution < 1.29 is 0 Å². The minimum Gasteiger partial charge on any atom is -0.309 e. The van der Waals surface area contributed by atoms with E-state index in [2.05, 4.69) is 37.3 Å². The molecule has 0 atom stereocenters. The largest absolute Gasteiger partial charge is 0.309 e. The van der Waals surface area contributed by atoms with Crippen LogP contribution in [0.15, 0.2) is 42.0 Å². The lowest BCUT2D eigenvalue weighted by Crippen LogP contribution is -1.90. The molecule has 0 heterocycles. The fraction of sp³-hybridized carbons (Fsp3) is 0.188. The van der Waals surface area contributed by atoms with Gasteiger partial charge in [-0.1, -0.05) is 30.4 Å². The highest BCUT2D eigenvalue weighted by molar-refractivity contribution is 6.07. The Hall–Kier alpha value is -1.89. The molecule has 0 saturated carbocycles. The maximum Gasteiger partial charge on any atom is 0.0184 e. The number of nitrogens with one attached hydrogen (secondary N) is 1. The summed E-state index contributed by atoms with van der Waals surface area (Å²) in [6.45, 7) is 2.15. The molecule has 1 N–H and O–H groups in total. The second-order valence-electron chi connectivity index (χ2n) is 4.58. The Morgan fingerprint density at radius 2 is 2.18 bits per heavy atom. The smallest absolute Gasteiger partial charge is 0.0184 e. The average Bonchev–Trinajstić information content (AvgIpc) is 2.67. The molecule has 0 aromatic heterocycles. The van der Waals surface area contributed by atoms with Crippen molar-refractivity contribution in [3.8, 4) is 0 Å². The Balaban J connectivity index is 2.32. The number of fused-ring (bicyclic) bond motifs is 2. The molecule has 0 bridgehead atoms. The standard InChI is InChI=1S/C16H15N/c1-11-5-4-8-14-12-6-2-3-7-13(12)15(9-10-17)16(11)14/h2,4-6,8-10,17H,3,7H2,1H3/b15-9-,17-10?.